The average Bonchev–Trinajstić information content (AvgIpc) is 3.00. The summed E-state index contributed by atoms with van der Waals surface area (Å²) in [6, 6.07) is 6.81. The van der Waals surface area contributed by atoms with Gasteiger partial charge in [0.25, 0.3) is 5.69 Å². The van der Waals surface area contributed by atoms with Crippen LogP contribution in [0, 0.1) is 15.5 Å². The van der Waals surface area contributed by atoms with E-state index in [0.717, 1.165) is 25.7 Å². The molecule has 2 aliphatic rings. The molecule has 1 aliphatic heterocycles. The predicted molar refractivity (Wildman–Crippen MR) is 69.7 cm³/mol. The molecule has 1 aromatic carbocycles. The topological polar surface area (TPSA) is 72.2 Å². The zero-order valence-electron chi connectivity index (χ0n) is 10.6. The highest BCUT2D eigenvalue weighted by Crippen LogP contribution is 2.52. The Morgan fingerprint density at radius 2 is 1.95 bits per heavy atom. The third kappa shape index (κ3) is 1.72. The van der Waals surface area contributed by atoms with Gasteiger partial charge < -0.3 is 5.32 Å². The second-order valence-corrected chi connectivity index (χ2v) is 5.44. The maximum Gasteiger partial charge on any atom is 0.272 e. The summed E-state index contributed by atoms with van der Waals surface area (Å²) in [5.41, 5.74) is 0.426. The lowest BCUT2D eigenvalue weighted by Crippen LogP contribution is -2.31. The van der Waals surface area contributed by atoms with Crippen molar-refractivity contribution in [1.82, 2.24) is 5.32 Å². The number of benzene rings is 1. The fourth-order valence-electron chi connectivity index (χ4n) is 3.66. The average molecular weight is 260 g/mol. The number of nitro benzene ring substituents is 1. The Labute approximate surface area is 111 Å². The van der Waals surface area contributed by atoms with E-state index in [9.17, 15) is 14.9 Å². The molecule has 1 unspecified atom stereocenters. The van der Waals surface area contributed by atoms with Crippen LogP contribution in [0.1, 0.15) is 37.2 Å². The zero-order chi connectivity index (χ0) is 13.5. The van der Waals surface area contributed by atoms with Crippen molar-refractivity contribution in [2.45, 2.75) is 31.6 Å². The van der Waals surface area contributed by atoms with Gasteiger partial charge in [-0.3, -0.25) is 14.9 Å². The number of nitrogens with one attached hydrogen (secondary N) is 1. The normalized spacial score (nSPS) is 24.6. The molecule has 1 aromatic rings. The molecule has 5 heteroatoms. The van der Waals surface area contributed by atoms with Gasteiger partial charge in [-0.15, -0.1) is 0 Å². The van der Waals surface area contributed by atoms with Crippen molar-refractivity contribution in [1.29, 1.82) is 0 Å². The molecule has 5 nitrogen and oxygen atoms in total. The molecule has 1 atom stereocenters. The molecule has 1 aliphatic carbocycles. The minimum absolute atomic E-state index is 0.0656. The quantitative estimate of drug-likeness (QED) is 0.655. The van der Waals surface area contributed by atoms with Gasteiger partial charge in [0.2, 0.25) is 5.91 Å². The van der Waals surface area contributed by atoms with Crippen molar-refractivity contribution >= 4 is 11.6 Å². The van der Waals surface area contributed by atoms with Crippen molar-refractivity contribution < 1.29 is 9.72 Å². The summed E-state index contributed by atoms with van der Waals surface area (Å²) < 4.78 is 0. The first-order valence-corrected chi connectivity index (χ1v) is 6.67. The highest BCUT2D eigenvalue weighted by atomic mass is 16.6. The lowest BCUT2D eigenvalue weighted by molar-refractivity contribution is -0.385. The van der Waals surface area contributed by atoms with Gasteiger partial charge in [-0.25, -0.2) is 0 Å². The van der Waals surface area contributed by atoms with Crippen molar-refractivity contribution in [3.8, 4) is 0 Å². The fraction of sp³-hybridized carbons (Fsp3) is 0.500. The number of rotatable bonds is 2. The van der Waals surface area contributed by atoms with E-state index >= 15 is 0 Å². The molecule has 100 valence electrons. The Balaban J connectivity index is 2.07. The molecule has 3 rings (SSSR count). The van der Waals surface area contributed by atoms with E-state index < -0.39 is 5.41 Å². The van der Waals surface area contributed by atoms with Gasteiger partial charge >= 0.3 is 0 Å². The molecule has 1 saturated carbocycles. The number of hydrogen-bond acceptors (Lipinski definition) is 3. The molecule has 1 heterocycles. The number of amides is 1. The number of carbonyl (C=O) groups is 1. The molecule has 1 amide bonds. The minimum Gasteiger partial charge on any atom is -0.355 e. The van der Waals surface area contributed by atoms with Crippen LogP contribution in [0.5, 0.6) is 0 Å². The van der Waals surface area contributed by atoms with Gasteiger partial charge in [-0.1, -0.05) is 31.0 Å². The number of hydrogen-bond donors (Lipinski definition) is 1. The van der Waals surface area contributed by atoms with E-state index in [2.05, 4.69) is 5.32 Å². The van der Waals surface area contributed by atoms with E-state index in [4.69, 9.17) is 0 Å². The molecule has 19 heavy (non-hydrogen) atoms. The maximum atomic E-state index is 12.2. The first-order valence-electron chi connectivity index (χ1n) is 6.67. The van der Waals surface area contributed by atoms with Crippen LogP contribution < -0.4 is 5.32 Å². The standard InChI is InChI=1S/C14H16N2O3/c17-13-14(7-3-4-8-14)11(9-15-13)10-5-1-2-6-12(10)16(18)19/h1-2,5-6,11H,3-4,7-9H2,(H,15,17). The van der Waals surface area contributed by atoms with E-state index in [0.29, 0.717) is 12.1 Å². The number of carbonyl (C=O) groups excluding carboxylic acids is 1. The first-order chi connectivity index (χ1) is 9.15. The Hall–Kier alpha value is -1.91. The van der Waals surface area contributed by atoms with Crippen molar-refractivity contribution in [3.05, 3.63) is 39.9 Å². The van der Waals surface area contributed by atoms with E-state index in [1.165, 1.54) is 6.07 Å². The summed E-state index contributed by atoms with van der Waals surface area (Å²) >= 11 is 0. The summed E-state index contributed by atoms with van der Waals surface area (Å²) in [5.74, 6) is 0.0113. The number of para-hydroxylation sites is 1. The molecule has 0 bridgehead atoms. The van der Waals surface area contributed by atoms with Crippen LogP contribution in [-0.2, 0) is 4.79 Å². The molecule has 1 saturated heterocycles. The molecule has 0 aromatic heterocycles. The summed E-state index contributed by atoms with van der Waals surface area (Å²) in [6.45, 7) is 0.518. The monoisotopic (exact) mass is 260 g/mol. The second-order valence-electron chi connectivity index (χ2n) is 5.44. The van der Waals surface area contributed by atoms with E-state index in [1.807, 2.05) is 6.07 Å². The van der Waals surface area contributed by atoms with Crippen molar-refractivity contribution in [3.63, 3.8) is 0 Å². The first kappa shape index (κ1) is 12.1. The third-order valence-electron chi connectivity index (χ3n) is 4.59. The SMILES string of the molecule is O=C1NCC(c2ccccc2[N+](=O)[O-])C12CCCC2. The molecular formula is C14H16N2O3. The smallest absolute Gasteiger partial charge is 0.272 e. The number of nitro groups is 1. The van der Waals surface area contributed by atoms with Gasteiger partial charge in [0, 0.05) is 24.1 Å². The van der Waals surface area contributed by atoms with Gasteiger partial charge in [0.1, 0.15) is 0 Å². The predicted octanol–water partition coefficient (Wildman–Crippen LogP) is 2.37. The lowest BCUT2D eigenvalue weighted by Gasteiger charge is -2.27. The van der Waals surface area contributed by atoms with Gasteiger partial charge in [-0.05, 0) is 12.8 Å². The van der Waals surface area contributed by atoms with E-state index in [-0.39, 0.29) is 22.4 Å². The van der Waals surface area contributed by atoms with Crippen LogP contribution in [0.25, 0.3) is 0 Å². The minimum atomic E-state index is -0.411. The maximum absolute atomic E-state index is 12.2. The zero-order valence-corrected chi connectivity index (χ0v) is 10.6. The molecular weight excluding hydrogens is 244 g/mol. The van der Waals surface area contributed by atoms with Gasteiger partial charge in [0.05, 0.1) is 10.3 Å². The molecule has 0 radical (unpaired) electrons. The van der Waals surface area contributed by atoms with E-state index in [1.54, 1.807) is 12.1 Å². The van der Waals surface area contributed by atoms with Crippen molar-refractivity contribution in [2.75, 3.05) is 6.54 Å². The van der Waals surface area contributed by atoms with Crippen LogP contribution in [0.4, 0.5) is 5.69 Å². The Bertz CT molecular complexity index is 535. The van der Waals surface area contributed by atoms with Gasteiger partial charge in [0.15, 0.2) is 0 Å². The third-order valence-corrected chi connectivity index (χ3v) is 4.59. The fourth-order valence-corrected chi connectivity index (χ4v) is 3.66. The summed E-state index contributed by atoms with van der Waals surface area (Å²) in [7, 11) is 0. The highest BCUT2D eigenvalue weighted by molar-refractivity contribution is 5.87. The summed E-state index contributed by atoms with van der Waals surface area (Å²) in [6.07, 6.45) is 3.75. The van der Waals surface area contributed by atoms with Crippen molar-refractivity contribution in [2.24, 2.45) is 5.41 Å². The Morgan fingerprint density at radius 1 is 1.26 bits per heavy atom. The number of nitrogens with zero attached hydrogens (tertiary/aromatic N) is 1. The lowest BCUT2D eigenvalue weighted by atomic mass is 9.72. The molecule has 2 fully saturated rings. The highest BCUT2D eigenvalue weighted by Gasteiger charge is 2.53. The van der Waals surface area contributed by atoms with Crippen LogP contribution in [0.15, 0.2) is 24.3 Å². The van der Waals surface area contributed by atoms with Crippen LogP contribution >= 0.6 is 0 Å². The largest absolute Gasteiger partial charge is 0.355 e. The van der Waals surface area contributed by atoms with Crippen LogP contribution in [0.2, 0.25) is 0 Å². The molecule has 1 spiro atoms. The second kappa shape index (κ2) is 4.33. The van der Waals surface area contributed by atoms with Gasteiger partial charge in [-0.2, -0.15) is 0 Å². The Morgan fingerprint density at radius 3 is 2.63 bits per heavy atom. The van der Waals surface area contributed by atoms with Crippen LogP contribution in [0.3, 0.4) is 0 Å². The van der Waals surface area contributed by atoms with Crippen LogP contribution in [-0.4, -0.2) is 17.4 Å². The summed E-state index contributed by atoms with van der Waals surface area (Å²) in [4.78, 5) is 23.0. The molecule has 1 N–H and O–H groups in total. The Kier molecular flexibility index (Phi) is 2.77. The summed E-state index contributed by atoms with van der Waals surface area (Å²) in [5, 5.41) is 14.1.